The molecule has 1 unspecified atom stereocenters. The van der Waals surface area contributed by atoms with Gasteiger partial charge in [0.2, 0.25) is 5.82 Å². The van der Waals surface area contributed by atoms with Crippen LogP contribution in [0, 0.1) is 11.6 Å². The first-order valence-corrected chi connectivity index (χ1v) is 10.9. The molecule has 1 aliphatic heterocycles. The first-order chi connectivity index (χ1) is 16.5. The van der Waals surface area contributed by atoms with Crippen LogP contribution in [0.1, 0.15) is 19.3 Å². The summed E-state index contributed by atoms with van der Waals surface area (Å²) in [4.78, 5) is 4.21. The fourth-order valence-electron chi connectivity index (χ4n) is 4.01. The number of nitrogens with two attached hydrogens (primary N) is 1. The molecule has 4 heterocycles. The quantitative estimate of drug-likeness (QED) is 0.425. The third-order valence-electron chi connectivity index (χ3n) is 5.81. The first-order valence-electron chi connectivity index (χ1n) is 10.9. The fourth-order valence-corrected chi connectivity index (χ4v) is 4.01. The number of nitrogen functional groups attached to an aromatic ring is 1. The molecule has 176 valence electrons. The van der Waals surface area contributed by atoms with Crippen LogP contribution < -0.4 is 15.8 Å². The number of rotatable bonds is 7. The Labute approximate surface area is 193 Å². The van der Waals surface area contributed by atoms with E-state index in [1.165, 1.54) is 12.1 Å². The summed E-state index contributed by atoms with van der Waals surface area (Å²) < 4.78 is 38.1. The maximum atomic E-state index is 15.1. The highest BCUT2D eigenvalue weighted by atomic mass is 19.2. The van der Waals surface area contributed by atoms with Gasteiger partial charge in [0.1, 0.15) is 11.5 Å². The summed E-state index contributed by atoms with van der Waals surface area (Å²) in [5.74, 6) is -2.12. The molecule has 1 fully saturated rings. The average molecular weight is 467 g/mol. The van der Waals surface area contributed by atoms with Gasteiger partial charge in [-0.2, -0.15) is 14.2 Å². The van der Waals surface area contributed by atoms with Crippen LogP contribution >= 0.6 is 0 Å². The van der Waals surface area contributed by atoms with Gasteiger partial charge in [0.25, 0.3) is 0 Å². The topological polar surface area (TPSA) is 122 Å². The molecule has 3 aromatic heterocycles. The molecule has 5 rings (SSSR count). The summed E-state index contributed by atoms with van der Waals surface area (Å²) in [5, 5.41) is 19.0. The highest BCUT2D eigenvalue weighted by Gasteiger charge is 2.22. The summed E-state index contributed by atoms with van der Waals surface area (Å²) in [6.45, 7) is 1.26. The summed E-state index contributed by atoms with van der Waals surface area (Å²) in [6, 6.07) is 4.81. The Morgan fingerprint density at radius 2 is 2.09 bits per heavy atom. The van der Waals surface area contributed by atoms with E-state index in [1.54, 1.807) is 30.2 Å². The number of nitrogens with one attached hydrogen (secondary N) is 1. The van der Waals surface area contributed by atoms with E-state index in [0.717, 1.165) is 41.6 Å². The van der Waals surface area contributed by atoms with Gasteiger partial charge in [-0.05, 0) is 54.4 Å². The lowest BCUT2D eigenvalue weighted by Crippen LogP contribution is -2.23. The molecular weight excluding hydrogens is 444 g/mol. The molecule has 12 heteroatoms. The minimum atomic E-state index is -1.13. The predicted octanol–water partition coefficient (Wildman–Crippen LogP) is 2.51. The van der Waals surface area contributed by atoms with E-state index < -0.39 is 11.6 Å². The van der Waals surface area contributed by atoms with E-state index in [4.69, 9.17) is 10.5 Å². The number of pyridine rings is 1. The van der Waals surface area contributed by atoms with Gasteiger partial charge in [0.15, 0.2) is 17.4 Å². The second kappa shape index (κ2) is 9.14. The molecular formula is C22H23F2N9O. The van der Waals surface area contributed by atoms with Crippen molar-refractivity contribution in [1.29, 1.82) is 0 Å². The van der Waals surface area contributed by atoms with Gasteiger partial charge in [-0.25, -0.2) is 9.37 Å². The van der Waals surface area contributed by atoms with Crippen molar-refractivity contribution in [2.75, 3.05) is 18.9 Å². The van der Waals surface area contributed by atoms with Crippen LogP contribution in [0.5, 0.6) is 5.75 Å². The van der Waals surface area contributed by atoms with Gasteiger partial charge in [-0.3, -0.25) is 4.68 Å². The van der Waals surface area contributed by atoms with Crippen molar-refractivity contribution in [2.45, 2.75) is 25.3 Å². The van der Waals surface area contributed by atoms with Crippen molar-refractivity contribution in [2.24, 2.45) is 7.05 Å². The van der Waals surface area contributed by atoms with Crippen molar-refractivity contribution in [3.8, 4) is 34.0 Å². The summed E-state index contributed by atoms with van der Waals surface area (Å²) in [7, 11) is 1.80. The number of hydrogen-bond acceptors (Lipinski definition) is 8. The Morgan fingerprint density at radius 1 is 1.21 bits per heavy atom. The van der Waals surface area contributed by atoms with Gasteiger partial charge in [0.05, 0.1) is 18.4 Å². The van der Waals surface area contributed by atoms with Crippen molar-refractivity contribution >= 4 is 5.82 Å². The van der Waals surface area contributed by atoms with Crippen molar-refractivity contribution in [3.05, 3.63) is 48.4 Å². The van der Waals surface area contributed by atoms with Gasteiger partial charge in [0, 0.05) is 36.6 Å². The molecule has 0 radical (unpaired) electrons. The summed E-state index contributed by atoms with van der Waals surface area (Å²) in [6.07, 6.45) is 7.98. The molecule has 0 amide bonds. The zero-order valence-corrected chi connectivity index (χ0v) is 18.4. The molecule has 1 aliphatic rings. The predicted molar refractivity (Wildman–Crippen MR) is 120 cm³/mol. The number of ether oxygens (including phenoxy) is 1. The molecule has 0 aliphatic carbocycles. The number of tetrazole rings is 1. The van der Waals surface area contributed by atoms with E-state index in [1.807, 2.05) is 6.20 Å². The Balaban J connectivity index is 1.43. The largest absolute Gasteiger partial charge is 0.490 e. The van der Waals surface area contributed by atoms with E-state index in [-0.39, 0.29) is 29.7 Å². The Hall–Kier alpha value is -3.93. The number of anilines is 1. The van der Waals surface area contributed by atoms with Crippen molar-refractivity contribution < 1.29 is 13.5 Å². The molecule has 34 heavy (non-hydrogen) atoms. The molecule has 0 bridgehead atoms. The van der Waals surface area contributed by atoms with Crippen LogP contribution in [0.15, 0.2) is 36.8 Å². The highest BCUT2D eigenvalue weighted by Crippen LogP contribution is 2.31. The normalized spacial score (nSPS) is 15.7. The molecule has 0 saturated carbocycles. The lowest BCUT2D eigenvalue weighted by molar-refractivity contribution is 0.274. The second-order valence-electron chi connectivity index (χ2n) is 8.11. The van der Waals surface area contributed by atoms with Gasteiger partial charge in [-0.15, -0.1) is 5.10 Å². The molecule has 3 N–H and O–H groups in total. The van der Waals surface area contributed by atoms with E-state index >= 15 is 4.39 Å². The van der Waals surface area contributed by atoms with E-state index in [9.17, 15) is 4.39 Å². The SMILES string of the molecule is Cn1cc(-c2cnc(N)c(-c3nnnn3-c3ccc(OCCC4CCCN4)c(F)c3F)c2)cn1. The van der Waals surface area contributed by atoms with Gasteiger partial charge in [-0.1, -0.05) is 0 Å². The summed E-state index contributed by atoms with van der Waals surface area (Å²) in [5.41, 5.74) is 7.80. The number of halogens is 2. The zero-order chi connectivity index (χ0) is 23.7. The van der Waals surface area contributed by atoms with Crippen LogP contribution in [-0.4, -0.2) is 54.2 Å². The van der Waals surface area contributed by atoms with Crippen molar-refractivity contribution in [1.82, 2.24) is 40.3 Å². The standard InChI is InChI=1S/C22H23F2N9O/c1-32-12-14(11-28-32)13-9-16(21(25)27-10-13)22-29-30-31-33(22)17-4-5-18(20(24)19(17)23)34-8-6-15-3-2-7-26-15/h4-5,9-12,15,26H,2-3,6-8H2,1H3,(H2,25,27). The Bertz CT molecular complexity index is 1310. The van der Waals surface area contributed by atoms with Crippen LogP contribution in [0.2, 0.25) is 0 Å². The minimum Gasteiger partial charge on any atom is -0.490 e. The van der Waals surface area contributed by atoms with Crippen LogP contribution in [-0.2, 0) is 7.05 Å². The third-order valence-corrected chi connectivity index (χ3v) is 5.81. The lowest BCUT2D eigenvalue weighted by atomic mass is 10.1. The number of hydrogen-bond donors (Lipinski definition) is 2. The molecule has 4 aromatic rings. The second-order valence-corrected chi connectivity index (χ2v) is 8.11. The Kier molecular flexibility index (Phi) is 5.88. The monoisotopic (exact) mass is 467 g/mol. The lowest BCUT2D eigenvalue weighted by Gasteiger charge is -2.13. The summed E-state index contributed by atoms with van der Waals surface area (Å²) >= 11 is 0. The maximum Gasteiger partial charge on any atom is 0.202 e. The first kappa shape index (κ1) is 21.9. The molecule has 1 saturated heterocycles. The van der Waals surface area contributed by atoms with Crippen molar-refractivity contribution in [3.63, 3.8) is 0 Å². The van der Waals surface area contributed by atoms with Crippen LogP contribution in [0.25, 0.3) is 28.2 Å². The molecule has 0 spiro atoms. The van der Waals surface area contributed by atoms with E-state index in [2.05, 4.69) is 30.9 Å². The fraction of sp³-hybridized carbons (Fsp3) is 0.318. The highest BCUT2D eigenvalue weighted by molar-refractivity contribution is 5.76. The Morgan fingerprint density at radius 3 is 2.85 bits per heavy atom. The molecule has 1 aromatic carbocycles. The van der Waals surface area contributed by atoms with Crippen LogP contribution in [0.3, 0.4) is 0 Å². The van der Waals surface area contributed by atoms with E-state index in [0.29, 0.717) is 11.6 Å². The number of nitrogens with zero attached hydrogens (tertiary/aromatic N) is 7. The smallest absolute Gasteiger partial charge is 0.202 e. The average Bonchev–Trinajstić information content (AvgIpc) is 3.60. The number of aromatic nitrogens is 7. The number of aryl methyl sites for hydroxylation is 1. The van der Waals surface area contributed by atoms with Crippen LogP contribution in [0.4, 0.5) is 14.6 Å². The number of benzene rings is 1. The van der Waals surface area contributed by atoms with Gasteiger partial charge < -0.3 is 15.8 Å². The third kappa shape index (κ3) is 4.19. The maximum absolute atomic E-state index is 15.1. The molecule has 1 atom stereocenters. The zero-order valence-electron chi connectivity index (χ0n) is 18.4. The van der Waals surface area contributed by atoms with Gasteiger partial charge >= 0.3 is 0 Å². The molecule has 10 nitrogen and oxygen atoms in total. The minimum absolute atomic E-state index is 0.120.